The van der Waals surface area contributed by atoms with Gasteiger partial charge in [-0.15, -0.1) is 11.3 Å². The van der Waals surface area contributed by atoms with E-state index in [-0.39, 0.29) is 0 Å². The maximum atomic E-state index is 10.2. The standard InChI is InChI=1S/C12H12ClNOS/c1-7-5-9(6-8(2)14-7)11(15)12-10(13)3-4-16-12/h3-6,11,15H,1-2H3. The van der Waals surface area contributed by atoms with E-state index in [1.54, 1.807) is 6.07 Å². The minimum Gasteiger partial charge on any atom is -0.383 e. The quantitative estimate of drug-likeness (QED) is 0.889. The lowest BCUT2D eigenvalue weighted by Crippen LogP contribution is -2.00. The van der Waals surface area contributed by atoms with Gasteiger partial charge in [0.15, 0.2) is 0 Å². The van der Waals surface area contributed by atoms with E-state index >= 15 is 0 Å². The molecule has 0 amide bonds. The molecule has 2 aromatic heterocycles. The molecule has 0 saturated carbocycles. The monoisotopic (exact) mass is 253 g/mol. The number of nitrogens with zero attached hydrogens (tertiary/aromatic N) is 1. The van der Waals surface area contributed by atoms with E-state index in [4.69, 9.17) is 11.6 Å². The average molecular weight is 254 g/mol. The Labute approximate surface area is 104 Å². The number of aromatic nitrogens is 1. The Morgan fingerprint density at radius 3 is 2.44 bits per heavy atom. The minimum absolute atomic E-state index is 0.615. The van der Waals surface area contributed by atoms with Crippen molar-refractivity contribution in [2.45, 2.75) is 20.0 Å². The summed E-state index contributed by atoms with van der Waals surface area (Å²) in [7, 11) is 0. The van der Waals surface area contributed by atoms with Crippen LogP contribution in [0.4, 0.5) is 0 Å². The number of aliphatic hydroxyl groups is 1. The van der Waals surface area contributed by atoms with Crippen LogP contribution in [0, 0.1) is 13.8 Å². The van der Waals surface area contributed by atoms with Gasteiger partial charge in [0, 0.05) is 11.4 Å². The topological polar surface area (TPSA) is 33.1 Å². The van der Waals surface area contributed by atoms with E-state index in [1.165, 1.54) is 11.3 Å². The highest BCUT2D eigenvalue weighted by molar-refractivity contribution is 7.10. The van der Waals surface area contributed by atoms with Crippen molar-refractivity contribution < 1.29 is 5.11 Å². The second-order valence-corrected chi connectivity index (χ2v) is 5.07. The van der Waals surface area contributed by atoms with Crippen LogP contribution in [0.2, 0.25) is 5.02 Å². The molecule has 16 heavy (non-hydrogen) atoms. The number of thiophene rings is 1. The Balaban J connectivity index is 2.41. The lowest BCUT2D eigenvalue weighted by atomic mass is 10.1. The van der Waals surface area contributed by atoms with Crippen LogP contribution in [-0.2, 0) is 0 Å². The van der Waals surface area contributed by atoms with Crippen molar-refractivity contribution in [3.63, 3.8) is 0 Å². The van der Waals surface area contributed by atoms with Gasteiger partial charge in [-0.3, -0.25) is 4.98 Å². The molecular weight excluding hydrogens is 242 g/mol. The summed E-state index contributed by atoms with van der Waals surface area (Å²) < 4.78 is 0. The first-order chi connectivity index (χ1) is 7.58. The second-order valence-electron chi connectivity index (χ2n) is 3.72. The van der Waals surface area contributed by atoms with Crippen molar-refractivity contribution in [1.29, 1.82) is 0 Å². The van der Waals surface area contributed by atoms with Gasteiger partial charge in [-0.05, 0) is 43.0 Å². The Kier molecular flexibility index (Phi) is 3.28. The van der Waals surface area contributed by atoms with E-state index in [1.807, 2.05) is 31.4 Å². The highest BCUT2D eigenvalue weighted by Gasteiger charge is 2.16. The van der Waals surface area contributed by atoms with Crippen molar-refractivity contribution in [3.05, 3.63) is 50.4 Å². The molecule has 2 heterocycles. The molecule has 0 radical (unpaired) electrons. The van der Waals surface area contributed by atoms with Gasteiger partial charge in [-0.2, -0.15) is 0 Å². The number of aryl methyl sites for hydroxylation is 2. The largest absolute Gasteiger partial charge is 0.383 e. The van der Waals surface area contributed by atoms with E-state index in [0.717, 1.165) is 21.8 Å². The Bertz CT molecular complexity index is 489. The zero-order valence-electron chi connectivity index (χ0n) is 9.07. The number of rotatable bonds is 2. The van der Waals surface area contributed by atoms with Crippen LogP contribution in [0.25, 0.3) is 0 Å². The van der Waals surface area contributed by atoms with Crippen molar-refractivity contribution in [2.75, 3.05) is 0 Å². The molecule has 0 aliphatic carbocycles. The molecule has 0 fully saturated rings. The van der Waals surface area contributed by atoms with Gasteiger partial charge >= 0.3 is 0 Å². The van der Waals surface area contributed by atoms with Gasteiger partial charge < -0.3 is 5.11 Å². The van der Waals surface area contributed by atoms with Crippen LogP contribution < -0.4 is 0 Å². The zero-order valence-corrected chi connectivity index (χ0v) is 10.6. The molecule has 2 aromatic rings. The van der Waals surface area contributed by atoms with Crippen molar-refractivity contribution in [2.24, 2.45) is 0 Å². The van der Waals surface area contributed by atoms with Crippen molar-refractivity contribution in [3.8, 4) is 0 Å². The Hall–Kier alpha value is -0.900. The second kappa shape index (κ2) is 4.53. The molecule has 0 spiro atoms. The average Bonchev–Trinajstić information content (AvgIpc) is 2.62. The van der Waals surface area contributed by atoms with Gasteiger partial charge in [0.25, 0.3) is 0 Å². The maximum absolute atomic E-state index is 10.2. The predicted molar refractivity (Wildman–Crippen MR) is 67.1 cm³/mol. The lowest BCUT2D eigenvalue weighted by Gasteiger charge is -2.11. The molecule has 1 atom stereocenters. The van der Waals surface area contributed by atoms with Crippen LogP contribution >= 0.6 is 22.9 Å². The third-order valence-corrected chi connectivity index (χ3v) is 3.72. The number of hydrogen-bond donors (Lipinski definition) is 1. The van der Waals surface area contributed by atoms with E-state index in [9.17, 15) is 5.11 Å². The smallest absolute Gasteiger partial charge is 0.115 e. The van der Waals surface area contributed by atoms with E-state index < -0.39 is 6.10 Å². The fourth-order valence-corrected chi connectivity index (χ4v) is 2.85. The number of pyridine rings is 1. The molecule has 0 saturated heterocycles. The summed E-state index contributed by atoms with van der Waals surface area (Å²) in [6.07, 6.45) is -0.659. The lowest BCUT2D eigenvalue weighted by molar-refractivity contribution is 0.224. The number of aliphatic hydroxyl groups excluding tert-OH is 1. The van der Waals surface area contributed by atoms with E-state index in [0.29, 0.717) is 5.02 Å². The third-order valence-electron chi connectivity index (χ3n) is 2.31. The fraction of sp³-hybridized carbons (Fsp3) is 0.250. The third kappa shape index (κ3) is 2.26. The van der Waals surface area contributed by atoms with Crippen molar-refractivity contribution >= 4 is 22.9 Å². The van der Waals surface area contributed by atoms with Gasteiger partial charge in [0.2, 0.25) is 0 Å². The van der Waals surface area contributed by atoms with Crippen LogP contribution in [0.1, 0.15) is 27.9 Å². The summed E-state index contributed by atoms with van der Waals surface area (Å²) in [5.41, 5.74) is 2.65. The van der Waals surface area contributed by atoms with E-state index in [2.05, 4.69) is 4.98 Å². The van der Waals surface area contributed by atoms with Crippen molar-refractivity contribution in [1.82, 2.24) is 4.98 Å². The molecule has 84 valence electrons. The number of hydrogen-bond acceptors (Lipinski definition) is 3. The summed E-state index contributed by atoms with van der Waals surface area (Å²) in [5, 5.41) is 12.7. The maximum Gasteiger partial charge on any atom is 0.115 e. The van der Waals surface area contributed by atoms with Gasteiger partial charge in [0.1, 0.15) is 6.10 Å². The predicted octanol–water partition coefficient (Wildman–Crippen LogP) is 3.50. The molecule has 1 N–H and O–H groups in total. The summed E-state index contributed by atoms with van der Waals surface area (Å²) in [6, 6.07) is 5.56. The summed E-state index contributed by atoms with van der Waals surface area (Å²) in [6.45, 7) is 3.83. The molecule has 0 aromatic carbocycles. The molecular formula is C12H12ClNOS. The highest BCUT2D eigenvalue weighted by atomic mass is 35.5. The first-order valence-electron chi connectivity index (χ1n) is 4.94. The van der Waals surface area contributed by atoms with Crippen LogP contribution in [-0.4, -0.2) is 10.1 Å². The molecule has 2 nitrogen and oxygen atoms in total. The van der Waals surface area contributed by atoms with Crippen LogP contribution in [0.3, 0.4) is 0 Å². The Morgan fingerprint density at radius 1 is 1.31 bits per heavy atom. The summed E-state index contributed by atoms with van der Waals surface area (Å²) in [5.74, 6) is 0. The van der Waals surface area contributed by atoms with Gasteiger partial charge in [-0.25, -0.2) is 0 Å². The molecule has 1 unspecified atom stereocenters. The van der Waals surface area contributed by atoms with Crippen LogP contribution in [0.15, 0.2) is 23.6 Å². The normalized spacial score (nSPS) is 12.8. The Morgan fingerprint density at radius 2 is 1.94 bits per heavy atom. The SMILES string of the molecule is Cc1cc(C(O)c2sccc2Cl)cc(C)n1. The fourth-order valence-electron chi connectivity index (χ4n) is 1.68. The van der Waals surface area contributed by atoms with Gasteiger partial charge in [-0.1, -0.05) is 11.6 Å². The highest BCUT2D eigenvalue weighted by Crippen LogP contribution is 2.32. The zero-order chi connectivity index (χ0) is 11.7. The summed E-state index contributed by atoms with van der Waals surface area (Å²) in [4.78, 5) is 5.06. The molecule has 2 rings (SSSR count). The molecule has 0 bridgehead atoms. The first-order valence-corrected chi connectivity index (χ1v) is 6.20. The first kappa shape index (κ1) is 11.6. The van der Waals surface area contributed by atoms with Gasteiger partial charge in [0.05, 0.1) is 9.90 Å². The number of halogens is 1. The molecule has 0 aliphatic rings. The molecule has 0 aliphatic heterocycles. The molecule has 4 heteroatoms. The summed E-state index contributed by atoms with van der Waals surface area (Å²) >= 11 is 7.46. The minimum atomic E-state index is -0.659. The van der Waals surface area contributed by atoms with Crippen LogP contribution in [0.5, 0.6) is 0 Å².